The van der Waals surface area contributed by atoms with Gasteiger partial charge in [0.05, 0.1) is 10.7 Å². The van der Waals surface area contributed by atoms with E-state index in [2.05, 4.69) is 20.7 Å². The first kappa shape index (κ1) is 16.3. The van der Waals surface area contributed by atoms with E-state index in [0.717, 1.165) is 11.1 Å². The average molecular weight is 390 g/mol. The Kier molecular flexibility index (Phi) is 4.93. The van der Waals surface area contributed by atoms with Crippen LogP contribution in [-0.2, 0) is 16.6 Å². The number of anilines is 1. The quantitative estimate of drug-likeness (QED) is 0.838. The molecule has 0 unspecified atom stereocenters. The predicted octanol–water partition coefficient (Wildman–Crippen LogP) is 3.67. The number of aryl methyl sites for hydroxylation is 1. The maximum atomic E-state index is 12.4. The Hall–Kier alpha value is -1.08. The Morgan fingerprint density at radius 1 is 1.24 bits per heavy atom. The minimum absolute atomic E-state index is 0.136. The van der Waals surface area contributed by atoms with E-state index in [1.807, 2.05) is 6.92 Å². The highest BCUT2D eigenvalue weighted by Gasteiger charge is 2.19. The molecule has 2 aromatic carbocycles. The number of halogens is 2. The first-order chi connectivity index (χ1) is 9.83. The average Bonchev–Trinajstić information content (AvgIpc) is 2.41. The van der Waals surface area contributed by atoms with Crippen LogP contribution in [0.25, 0.3) is 0 Å². The first-order valence-corrected chi connectivity index (χ1v) is 8.76. The van der Waals surface area contributed by atoms with Crippen LogP contribution in [0.4, 0.5) is 5.69 Å². The molecule has 7 heteroatoms. The van der Waals surface area contributed by atoms with E-state index in [9.17, 15) is 8.42 Å². The van der Waals surface area contributed by atoms with E-state index in [1.54, 1.807) is 30.3 Å². The van der Waals surface area contributed by atoms with Gasteiger partial charge in [-0.1, -0.05) is 23.7 Å². The Labute approximate surface area is 137 Å². The van der Waals surface area contributed by atoms with Crippen molar-refractivity contribution in [2.24, 2.45) is 5.73 Å². The van der Waals surface area contributed by atoms with Gasteiger partial charge in [-0.25, -0.2) is 8.42 Å². The molecule has 2 rings (SSSR count). The van der Waals surface area contributed by atoms with Gasteiger partial charge in [0.25, 0.3) is 10.0 Å². The number of hydrogen-bond acceptors (Lipinski definition) is 3. The Morgan fingerprint density at radius 3 is 2.52 bits per heavy atom. The summed E-state index contributed by atoms with van der Waals surface area (Å²) in [7, 11) is -3.73. The van der Waals surface area contributed by atoms with Crippen molar-refractivity contribution in [3.05, 3.63) is 57.0 Å². The minimum atomic E-state index is -3.73. The minimum Gasteiger partial charge on any atom is -0.326 e. The van der Waals surface area contributed by atoms with Gasteiger partial charge in [-0.3, -0.25) is 4.72 Å². The maximum Gasteiger partial charge on any atom is 0.263 e. The summed E-state index contributed by atoms with van der Waals surface area (Å²) in [5.41, 5.74) is 7.67. The van der Waals surface area contributed by atoms with Gasteiger partial charge < -0.3 is 5.73 Å². The molecular formula is C14H14BrClN2O2S. The molecule has 0 spiro atoms. The highest BCUT2D eigenvalue weighted by molar-refractivity contribution is 9.10. The van der Waals surface area contributed by atoms with Crippen molar-refractivity contribution in [1.82, 2.24) is 0 Å². The van der Waals surface area contributed by atoms with Crippen LogP contribution in [0.5, 0.6) is 0 Å². The van der Waals surface area contributed by atoms with Crippen LogP contribution < -0.4 is 10.5 Å². The van der Waals surface area contributed by atoms with Crippen molar-refractivity contribution in [2.75, 3.05) is 4.72 Å². The molecule has 0 heterocycles. The van der Waals surface area contributed by atoms with Crippen LogP contribution in [-0.4, -0.2) is 8.42 Å². The fourth-order valence-electron chi connectivity index (χ4n) is 1.79. The van der Waals surface area contributed by atoms with E-state index in [-0.39, 0.29) is 4.90 Å². The van der Waals surface area contributed by atoms with Crippen molar-refractivity contribution in [3.8, 4) is 0 Å². The lowest BCUT2D eigenvalue weighted by molar-refractivity contribution is 0.600. The number of nitrogens with one attached hydrogen (secondary N) is 1. The molecule has 3 N–H and O–H groups in total. The number of benzene rings is 2. The standard InChI is InChI=1S/C14H14BrClN2O2S/c1-9-2-4-13(12(16)6-9)18-21(19,20)14-5-3-10(8-17)7-11(14)15/h2-7,18H,8,17H2,1H3. The lowest BCUT2D eigenvalue weighted by Crippen LogP contribution is -2.14. The zero-order chi connectivity index (χ0) is 15.6. The van der Waals surface area contributed by atoms with Crippen molar-refractivity contribution in [1.29, 1.82) is 0 Å². The summed E-state index contributed by atoms with van der Waals surface area (Å²) in [6, 6.07) is 10.00. The highest BCUT2D eigenvalue weighted by atomic mass is 79.9. The Bertz CT molecular complexity index is 779. The number of sulfonamides is 1. The molecule has 0 amide bonds. The van der Waals surface area contributed by atoms with E-state index in [1.165, 1.54) is 6.07 Å². The number of hydrogen-bond donors (Lipinski definition) is 2. The maximum absolute atomic E-state index is 12.4. The monoisotopic (exact) mass is 388 g/mol. The smallest absolute Gasteiger partial charge is 0.263 e. The van der Waals surface area contributed by atoms with Gasteiger partial charge in [0.2, 0.25) is 0 Å². The van der Waals surface area contributed by atoms with E-state index in [4.69, 9.17) is 17.3 Å². The molecule has 0 aliphatic carbocycles. The van der Waals surface area contributed by atoms with Crippen LogP contribution in [0.2, 0.25) is 5.02 Å². The summed E-state index contributed by atoms with van der Waals surface area (Å²) in [6.07, 6.45) is 0. The molecule has 2 aromatic rings. The Balaban J connectivity index is 2.38. The van der Waals surface area contributed by atoms with E-state index < -0.39 is 10.0 Å². The van der Waals surface area contributed by atoms with E-state index >= 15 is 0 Å². The number of rotatable bonds is 4. The number of nitrogens with two attached hydrogens (primary N) is 1. The summed E-state index contributed by atoms with van der Waals surface area (Å²) >= 11 is 9.31. The van der Waals surface area contributed by atoms with Gasteiger partial charge in [0, 0.05) is 11.0 Å². The lowest BCUT2D eigenvalue weighted by atomic mass is 10.2. The van der Waals surface area contributed by atoms with Crippen molar-refractivity contribution >= 4 is 43.2 Å². The molecule has 0 aliphatic heterocycles. The van der Waals surface area contributed by atoms with Gasteiger partial charge in [0.1, 0.15) is 4.90 Å². The fraction of sp³-hybridized carbons (Fsp3) is 0.143. The molecule has 4 nitrogen and oxygen atoms in total. The van der Waals surface area contributed by atoms with Crippen LogP contribution >= 0.6 is 27.5 Å². The largest absolute Gasteiger partial charge is 0.326 e. The lowest BCUT2D eigenvalue weighted by Gasteiger charge is -2.12. The molecule has 112 valence electrons. The van der Waals surface area contributed by atoms with Gasteiger partial charge in [-0.15, -0.1) is 0 Å². The van der Waals surface area contributed by atoms with Crippen LogP contribution in [0.3, 0.4) is 0 Å². The topological polar surface area (TPSA) is 72.2 Å². The van der Waals surface area contributed by atoms with Crippen LogP contribution in [0.15, 0.2) is 45.8 Å². The van der Waals surface area contributed by atoms with Gasteiger partial charge in [-0.05, 0) is 58.2 Å². The first-order valence-electron chi connectivity index (χ1n) is 6.11. The summed E-state index contributed by atoms with van der Waals surface area (Å²) < 4.78 is 27.8. The van der Waals surface area contributed by atoms with Crippen LogP contribution in [0, 0.1) is 6.92 Å². The van der Waals surface area contributed by atoms with Crippen LogP contribution in [0.1, 0.15) is 11.1 Å². The third-order valence-corrected chi connectivity index (χ3v) is 5.55. The Morgan fingerprint density at radius 2 is 1.95 bits per heavy atom. The molecule has 0 atom stereocenters. The second kappa shape index (κ2) is 6.36. The molecule has 0 aliphatic rings. The molecule has 21 heavy (non-hydrogen) atoms. The third-order valence-electron chi connectivity index (χ3n) is 2.89. The van der Waals surface area contributed by atoms with Crippen molar-refractivity contribution in [2.45, 2.75) is 18.4 Å². The summed E-state index contributed by atoms with van der Waals surface area (Å²) in [5, 5.41) is 0.355. The molecule has 0 aromatic heterocycles. The summed E-state index contributed by atoms with van der Waals surface area (Å²) in [5.74, 6) is 0. The summed E-state index contributed by atoms with van der Waals surface area (Å²) in [6.45, 7) is 2.22. The second-order valence-corrected chi connectivity index (χ2v) is 7.47. The molecule has 0 fully saturated rings. The zero-order valence-corrected chi connectivity index (χ0v) is 14.4. The van der Waals surface area contributed by atoms with E-state index in [0.29, 0.717) is 21.7 Å². The van der Waals surface area contributed by atoms with Gasteiger partial charge in [0.15, 0.2) is 0 Å². The third kappa shape index (κ3) is 3.77. The molecule has 0 saturated heterocycles. The fourth-order valence-corrected chi connectivity index (χ4v) is 4.34. The zero-order valence-electron chi connectivity index (χ0n) is 11.2. The second-order valence-electron chi connectivity index (χ2n) is 4.56. The van der Waals surface area contributed by atoms with Gasteiger partial charge in [-0.2, -0.15) is 0 Å². The molecule has 0 radical (unpaired) electrons. The highest BCUT2D eigenvalue weighted by Crippen LogP contribution is 2.28. The molecular weight excluding hydrogens is 376 g/mol. The SMILES string of the molecule is Cc1ccc(NS(=O)(=O)c2ccc(CN)cc2Br)c(Cl)c1. The normalized spacial score (nSPS) is 11.4. The van der Waals surface area contributed by atoms with Gasteiger partial charge >= 0.3 is 0 Å². The van der Waals surface area contributed by atoms with Crippen molar-refractivity contribution < 1.29 is 8.42 Å². The predicted molar refractivity (Wildman–Crippen MR) is 89.0 cm³/mol. The molecule has 0 saturated carbocycles. The summed E-state index contributed by atoms with van der Waals surface area (Å²) in [4.78, 5) is 0.136. The van der Waals surface area contributed by atoms with Crippen molar-refractivity contribution in [3.63, 3.8) is 0 Å². The molecule has 0 bridgehead atoms.